The van der Waals surface area contributed by atoms with Crippen LogP contribution in [0.5, 0.6) is 0 Å². The molecule has 0 aromatic heterocycles. The Morgan fingerprint density at radius 1 is 1.47 bits per heavy atom. The Bertz CT molecular complexity index is 542. The van der Waals surface area contributed by atoms with Crippen LogP contribution >= 0.6 is 11.6 Å². The number of hydrogen-bond donors (Lipinski definition) is 2. The van der Waals surface area contributed by atoms with Gasteiger partial charge in [0.1, 0.15) is 5.25 Å². The van der Waals surface area contributed by atoms with Gasteiger partial charge in [0.2, 0.25) is 5.91 Å². The molecule has 1 aromatic carbocycles. The third-order valence-corrected chi connectivity index (χ3v) is 4.07. The molecule has 94 valence electrons. The highest BCUT2D eigenvalue weighted by molar-refractivity contribution is 7.92. The normalized spacial score (nSPS) is 13.1. The van der Waals surface area contributed by atoms with E-state index < -0.39 is 21.0 Å². The van der Waals surface area contributed by atoms with Crippen molar-refractivity contribution in [2.75, 3.05) is 17.3 Å². The zero-order valence-corrected chi connectivity index (χ0v) is 11.0. The number of benzene rings is 1. The summed E-state index contributed by atoms with van der Waals surface area (Å²) >= 11 is 5.85. The molecule has 1 atom stereocenters. The van der Waals surface area contributed by atoms with Crippen LogP contribution in [-0.4, -0.2) is 25.8 Å². The predicted octanol–water partition coefficient (Wildman–Crippen LogP) is 1.29. The molecule has 0 aliphatic heterocycles. The number of carbonyl (C=O) groups excluding carboxylic acids is 1. The molecule has 1 aromatic rings. The van der Waals surface area contributed by atoms with Gasteiger partial charge in [0.15, 0.2) is 9.84 Å². The molecular weight excluding hydrogens is 264 g/mol. The Balaban J connectivity index is 2.89. The summed E-state index contributed by atoms with van der Waals surface area (Å²) in [6.07, 6.45) is 1.00. The van der Waals surface area contributed by atoms with E-state index in [9.17, 15) is 13.2 Å². The van der Waals surface area contributed by atoms with Crippen molar-refractivity contribution in [2.24, 2.45) is 0 Å². The fourth-order valence-corrected chi connectivity index (χ4v) is 1.75. The first-order chi connectivity index (χ1) is 7.71. The number of sulfone groups is 1. The van der Waals surface area contributed by atoms with Gasteiger partial charge < -0.3 is 11.1 Å². The summed E-state index contributed by atoms with van der Waals surface area (Å²) in [6, 6.07) is 4.56. The maximum atomic E-state index is 11.6. The van der Waals surface area contributed by atoms with E-state index in [2.05, 4.69) is 5.32 Å². The van der Waals surface area contributed by atoms with Gasteiger partial charge in [0, 0.05) is 11.9 Å². The second-order valence-electron chi connectivity index (χ2n) is 3.70. The maximum Gasteiger partial charge on any atom is 0.242 e. The molecule has 17 heavy (non-hydrogen) atoms. The lowest BCUT2D eigenvalue weighted by Crippen LogP contribution is -2.31. The van der Waals surface area contributed by atoms with Crippen LogP contribution in [0.4, 0.5) is 11.4 Å². The molecule has 7 heteroatoms. The van der Waals surface area contributed by atoms with E-state index in [-0.39, 0.29) is 5.02 Å². The van der Waals surface area contributed by atoms with Crippen molar-refractivity contribution < 1.29 is 13.2 Å². The summed E-state index contributed by atoms with van der Waals surface area (Å²) in [7, 11) is -3.42. The van der Waals surface area contributed by atoms with Crippen molar-refractivity contribution in [3.8, 4) is 0 Å². The summed E-state index contributed by atoms with van der Waals surface area (Å²) in [4.78, 5) is 11.6. The second-order valence-corrected chi connectivity index (χ2v) is 6.47. The first kappa shape index (κ1) is 13.8. The molecular formula is C10H13ClN2O3S. The minimum Gasteiger partial charge on any atom is -0.399 e. The van der Waals surface area contributed by atoms with Crippen molar-refractivity contribution in [1.29, 1.82) is 0 Å². The number of hydrogen-bond acceptors (Lipinski definition) is 4. The van der Waals surface area contributed by atoms with Crippen LogP contribution in [0.2, 0.25) is 5.02 Å². The van der Waals surface area contributed by atoms with E-state index in [1.165, 1.54) is 19.1 Å². The number of amides is 1. The minimum absolute atomic E-state index is 0.263. The average Bonchev–Trinajstić information content (AvgIpc) is 2.19. The Morgan fingerprint density at radius 3 is 2.53 bits per heavy atom. The molecule has 0 bridgehead atoms. The fraction of sp³-hybridized carbons (Fsp3) is 0.300. The summed E-state index contributed by atoms with van der Waals surface area (Å²) in [5, 5.41) is 1.57. The molecule has 1 rings (SSSR count). The fourth-order valence-electron chi connectivity index (χ4n) is 1.06. The third-order valence-electron chi connectivity index (χ3n) is 2.26. The predicted molar refractivity (Wildman–Crippen MR) is 68.8 cm³/mol. The van der Waals surface area contributed by atoms with Crippen molar-refractivity contribution in [3.63, 3.8) is 0 Å². The molecule has 0 heterocycles. The van der Waals surface area contributed by atoms with Crippen LogP contribution < -0.4 is 11.1 Å². The smallest absolute Gasteiger partial charge is 0.242 e. The van der Waals surface area contributed by atoms with E-state index in [1.807, 2.05) is 0 Å². The number of halogens is 1. The van der Waals surface area contributed by atoms with Crippen molar-refractivity contribution in [3.05, 3.63) is 23.2 Å². The Morgan fingerprint density at radius 2 is 2.06 bits per heavy atom. The highest BCUT2D eigenvalue weighted by atomic mass is 35.5. The number of nitrogens with one attached hydrogen (secondary N) is 1. The molecule has 3 N–H and O–H groups in total. The van der Waals surface area contributed by atoms with Gasteiger partial charge in [-0.25, -0.2) is 8.42 Å². The second kappa shape index (κ2) is 4.93. The van der Waals surface area contributed by atoms with Gasteiger partial charge in [-0.2, -0.15) is 0 Å². The third kappa shape index (κ3) is 3.61. The average molecular weight is 277 g/mol. The van der Waals surface area contributed by atoms with E-state index in [1.54, 1.807) is 6.07 Å². The van der Waals surface area contributed by atoms with Crippen LogP contribution in [0.25, 0.3) is 0 Å². The van der Waals surface area contributed by atoms with Gasteiger partial charge in [0.25, 0.3) is 0 Å². The van der Waals surface area contributed by atoms with E-state index in [4.69, 9.17) is 17.3 Å². The van der Waals surface area contributed by atoms with E-state index >= 15 is 0 Å². The van der Waals surface area contributed by atoms with E-state index in [0.717, 1.165) is 6.26 Å². The Kier molecular flexibility index (Phi) is 4.00. The van der Waals surface area contributed by atoms with E-state index in [0.29, 0.717) is 11.4 Å². The van der Waals surface area contributed by atoms with Gasteiger partial charge >= 0.3 is 0 Å². The zero-order chi connectivity index (χ0) is 13.2. The molecule has 0 saturated carbocycles. The van der Waals surface area contributed by atoms with Crippen LogP contribution in [0, 0.1) is 0 Å². The molecule has 0 spiro atoms. The number of nitrogens with two attached hydrogens (primary N) is 1. The SMILES string of the molecule is CC(C(=O)Nc1ccc(N)cc1Cl)S(C)(=O)=O. The summed E-state index contributed by atoms with van der Waals surface area (Å²) in [5.74, 6) is -0.626. The molecule has 5 nitrogen and oxygen atoms in total. The number of carbonyl (C=O) groups is 1. The number of anilines is 2. The molecule has 0 aliphatic rings. The zero-order valence-electron chi connectivity index (χ0n) is 9.40. The van der Waals surface area contributed by atoms with Crippen LogP contribution in [-0.2, 0) is 14.6 Å². The lowest BCUT2D eigenvalue weighted by Gasteiger charge is -2.11. The molecule has 1 amide bonds. The number of rotatable bonds is 3. The largest absolute Gasteiger partial charge is 0.399 e. The lowest BCUT2D eigenvalue weighted by molar-refractivity contribution is -0.115. The molecule has 0 radical (unpaired) electrons. The van der Waals surface area contributed by atoms with Gasteiger partial charge in [0.05, 0.1) is 10.7 Å². The first-order valence-corrected chi connectivity index (χ1v) is 7.10. The van der Waals surface area contributed by atoms with Crippen molar-refractivity contribution in [1.82, 2.24) is 0 Å². The molecule has 0 fully saturated rings. The summed E-state index contributed by atoms with van der Waals surface area (Å²) in [6.45, 7) is 1.32. The van der Waals surface area contributed by atoms with Gasteiger partial charge in [-0.1, -0.05) is 11.6 Å². The monoisotopic (exact) mass is 276 g/mol. The quantitative estimate of drug-likeness (QED) is 0.814. The lowest BCUT2D eigenvalue weighted by atomic mass is 10.2. The molecule has 1 unspecified atom stereocenters. The van der Waals surface area contributed by atoms with Crippen molar-refractivity contribution in [2.45, 2.75) is 12.2 Å². The molecule has 0 saturated heterocycles. The topological polar surface area (TPSA) is 89.3 Å². The highest BCUT2D eigenvalue weighted by Gasteiger charge is 2.23. The highest BCUT2D eigenvalue weighted by Crippen LogP contribution is 2.24. The van der Waals surface area contributed by atoms with Crippen LogP contribution in [0.1, 0.15) is 6.92 Å². The van der Waals surface area contributed by atoms with Gasteiger partial charge in [-0.3, -0.25) is 4.79 Å². The van der Waals surface area contributed by atoms with Crippen molar-refractivity contribution >= 4 is 38.7 Å². The summed E-state index contributed by atoms with van der Waals surface area (Å²) in [5.41, 5.74) is 6.29. The molecule has 0 aliphatic carbocycles. The van der Waals surface area contributed by atoms with Crippen LogP contribution in [0.15, 0.2) is 18.2 Å². The minimum atomic E-state index is -3.42. The van der Waals surface area contributed by atoms with Gasteiger partial charge in [-0.15, -0.1) is 0 Å². The standard InChI is InChI=1S/C10H13ClN2O3S/c1-6(17(2,15)16)10(14)13-9-4-3-7(12)5-8(9)11/h3-6H,12H2,1-2H3,(H,13,14). The van der Waals surface area contributed by atoms with Gasteiger partial charge in [-0.05, 0) is 25.1 Å². The first-order valence-electron chi connectivity index (χ1n) is 4.76. The number of nitrogen functional groups attached to an aromatic ring is 1. The maximum absolute atomic E-state index is 11.6. The summed E-state index contributed by atoms with van der Waals surface area (Å²) < 4.78 is 22.4. The Hall–Kier alpha value is -1.27. The Labute approximate surface area is 105 Å². The van der Waals surface area contributed by atoms with Crippen LogP contribution in [0.3, 0.4) is 0 Å².